The number of β-amino-alcohol motifs (C(OH)–C–C–N with tert-alkyl or cyclic N) is 1. The molecule has 1 saturated carbocycles. The number of rotatable bonds is 7. The Labute approximate surface area is 129 Å². The number of carbonyl (C=O) groups excluding carboxylic acids is 1. The molecule has 1 saturated heterocycles. The first-order valence-electron chi connectivity index (χ1n) is 7.55. The molecular weight excluding hydrogens is 284 g/mol. The van der Waals surface area contributed by atoms with Gasteiger partial charge in [0.05, 0.1) is 12.1 Å². The van der Waals surface area contributed by atoms with Gasteiger partial charge in [0.25, 0.3) is 0 Å². The summed E-state index contributed by atoms with van der Waals surface area (Å²) in [5.74, 6) is 1.42. The van der Waals surface area contributed by atoms with Crippen LogP contribution in [0.5, 0.6) is 0 Å². The number of hydrogen-bond acceptors (Lipinski definition) is 4. The minimum absolute atomic E-state index is 0.0570. The molecule has 2 N–H and O–H groups in total. The van der Waals surface area contributed by atoms with E-state index in [1.807, 2.05) is 23.1 Å². The molecule has 21 heavy (non-hydrogen) atoms. The minimum atomic E-state index is -0.497. The van der Waals surface area contributed by atoms with Gasteiger partial charge in [0.15, 0.2) is 0 Å². The lowest BCUT2D eigenvalue weighted by Gasteiger charge is -2.46. The smallest absolute Gasteiger partial charge is 0.234 e. The highest BCUT2D eigenvalue weighted by molar-refractivity contribution is 7.99. The zero-order valence-corrected chi connectivity index (χ0v) is 12.9. The third-order valence-corrected chi connectivity index (χ3v) is 5.15. The van der Waals surface area contributed by atoms with Crippen molar-refractivity contribution in [2.75, 3.05) is 31.9 Å². The van der Waals surface area contributed by atoms with Crippen LogP contribution in [0.4, 0.5) is 0 Å². The van der Waals surface area contributed by atoms with Gasteiger partial charge in [-0.15, -0.1) is 11.8 Å². The molecule has 1 aliphatic heterocycles. The van der Waals surface area contributed by atoms with Crippen molar-refractivity contribution in [1.82, 2.24) is 10.2 Å². The van der Waals surface area contributed by atoms with E-state index in [1.165, 1.54) is 4.90 Å². The first-order chi connectivity index (χ1) is 10.2. The van der Waals surface area contributed by atoms with E-state index in [0.717, 1.165) is 18.6 Å². The summed E-state index contributed by atoms with van der Waals surface area (Å²) in [5, 5.41) is 13.1. The lowest BCUT2D eigenvalue weighted by atomic mass is 9.89. The molecule has 1 heterocycles. The number of aliphatic hydroxyl groups is 1. The molecule has 1 aromatic rings. The summed E-state index contributed by atoms with van der Waals surface area (Å²) >= 11 is 1.74. The SMILES string of the molecule is O=C(CN1CC(O)(C2CC2)C1)NCCSc1ccccc1. The Bertz CT molecular complexity index is 484. The van der Waals surface area contributed by atoms with E-state index in [9.17, 15) is 9.90 Å². The van der Waals surface area contributed by atoms with E-state index in [-0.39, 0.29) is 5.91 Å². The number of thioether (sulfide) groups is 1. The Hall–Kier alpha value is -1.04. The largest absolute Gasteiger partial charge is 0.387 e. The molecule has 0 atom stereocenters. The standard InChI is InChI=1S/C16H22N2O2S/c19-15(10-18-11-16(20,12-18)13-6-7-13)17-8-9-21-14-4-2-1-3-5-14/h1-5,13,20H,6-12H2,(H,17,19). The molecule has 4 nitrogen and oxygen atoms in total. The van der Waals surface area contributed by atoms with Gasteiger partial charge in [-0.3, -0.25) is 9.69 Å². The average Bonchev–Trinajstić information content (AvgIpc) is 3.28. The van der Waals surface area contributed by atoms with Crippen LogP contribution in [-0.2, 0) is 4.79 Å². The molecule has 0 bridgehead atoms. The summed E-state index contributed by atoms with van der Waals surface area (Å²) in [7, 11) is 0. The van der Waals surface area contributed by atoms with E-state index in [1.54, 1.807) is 11.8 Å². The molecule has 2 aliphatic rings. The van der Waals surface area contributed by atoms with Crippen molar-refractivity contribution in [1.29, 1.82) is 0 Å². The van der Waals surface area contributed by atoms with Crippen LogP contribution >= 0.6 is 11.8 Å². The second-order valence-electron chi connectivity index (χ2n) is 6.03. The van der Waals surface area contributed by atoms with Gasteiger partial charge in [-0.25, -0.2) is 0 Å². The summed E-state index contributed by atoms with van der Waals surface area (Å²) in [6.45, 7) is 2.40. The third-order valence-electron chi connectivity index (χ3n) is 4.14. The van der Waals surface area contributed by atoms with Crippen molar-refractivity contribution in [3.8, 4) is 0 Å². The quantitative estimate of drug-likeness (QED) is 0.590. The number of likely N-dealkylation sites (tertiary alicyclic amines) is 1. The molecular formula is C16H22N2O2S. The predicted octanol–water partition coefficient (Wildman–Crippen LogP) is 1.35. The van der Waals surface area contributed by atoms with E-state index in [0.29, 0.717) is 32.1 Å². The minimum Gasteiger partial charge on any atom is -0.387 e. The van der Waals surface area contributed by atoms with Gasteiger partial charge >= 0.3 is 0 Å². The predicted molar refractivity (Wildman–Crippen MR) is 84.3 cm³/mol. The highest BCUT2D eigenvalue weighted by Crippen LogP contribution is 2.44. The summed E-state index contributed by atoms with van der Waals surface area (Å²) in [5.41, 5.74) is -0.497. The van der Waals surface area contributed by atoms with Gasteiger partial charge in [-0.2, -0.15) is 0 Å². The molecule has 1 aliphatic carbocycles. The molecule has 0 unspecified atom stereocenters. The van der Waals surface area contributed by atoms with Gasteiger partial charge in [0.1, 0.15) is 0 Å². The van der Waals surface area contributed by atoms with Crippen molar-refractivity contribution in [3.05, 3.63) is 30.3 Å². The number of nitrogens with one attached hydrogen (secondary N) is 1. The lowest BCUT2D eigenvalue weighted by Crippen LogP contribution is -2.64. The van der Waals surface area contributed by atoms with Crippen molar-refractivity contribution in [3.63, 3.8) is 0 Å². The normalized spacial score (nSPS) is 20.8. The number of carbonyl (C=O) groups is 1. The highest BCUT2D eigenvalue weighted by Gasteiger charge is 2.51. The Morgan fingerprint density at radius 1 is 1.33 bits per heavy atom. The molecule has 0 aromatic heterocycles. The Morgan fingerprint density at radius 2 is 2.05 bits per heavy atom. The molecule has 0 spiro atoms. The van der Waals surface area contributed by atoms with Crippen LogP contribution in [0.15, 0.2) is 35.2 Å². The number of benzene rings is 1. The van der Waals surface area contributed by atoms with Crippen LogP contribution in [-0.4, -0.2) is 53.4 Å². The number of nitrogens with zero attached hydrogens (tertiary/aromatic N) is 1. The van der Waals surface area contributed by atoms with Crippen molar-refractivity contribution >= 4 is 17.7 Å². The van der Waals surface area contributed by atoms with Crippen LogP contribution in [0.25, 0.3) is 0 Å². The van der Waals surface area contributed by atoms with Gasteiger partial charge in [-0.1, -0.05) is 18.2 Å². The van der Waals surface area contributed by atoms with E-state index >= 15 is 0 Å². The van der Waals surface area contributed by atoms with Crippen molar-refractivity contribution in [2.45, 2.75) is 23.3 Å². The first-order valence-corrected chi connectivity index (χ1v) is 8.53. The van der Waals surface area contributed by atoms with Crippen molar-refractivity contribution < 1.29 is 9.90 Å². The number of amides is 1. The maximum absolute atomic E-state index is 11.8. The fraction of sp³-hybridized carbons (Fsp3) is 0.562. The van der Waals surface area contributed by atoms with Gasteiger partial charge in [-0.05, 0) is 30.9 Å². The van der Waals surface area contributed by atoms with E-state index in [4.69, 9.17) is 0 Å². The lowest BCUT2D eigenvalue weighted by molar-refractivity contribution is -0.136. The molecule has 0 radical (unpaired) electrons. The van der Waals surface area contributed by atoms with Crippen LogP contribution < -0.4 is 5.32 Å². The summed E-state index contributed by atoms with van der Waals surface area (Å²) in [6.07, 6.45) is 2.29. The average molecular weight is 306 g/mol. The van der Waals surface area contributed by atoms with Gasteiger partial charge in [0, 0.05) is 30.3 Å². The molecule has 1 aromatic carbocycles. The van der Waals surface area contributed by atoms with Gasteiger partial charge in [0.2, 0.25) is 5.91 Å². The zero-order chi connectivity index (χ0) is 14.7. The fourth-order valence-corrected chi connectivity index (χ4v) is 3.64. The summed E-state index contributed by atoms with van der Waals surface area (Å²) < 4.78 is 0. The van der Waals surface area contributed by atoms with Crippen LogP contribution in [0, 0.1) is 5.92 Å². The molecule has 3 rings (SSSR count). The second-order valence-corrected chi connectivity index (χ2v) is 7.20. The third kappa shape index (κ3) is 3.99. The van der Waals surface area contributed by atoms with Crippen molar-refractivity contribution in [2.24, 2.45) is 5.92 Å². The topological polar surface area (TPSA) is 52.6 Å². The Morgan fingerprint density at radius 3 is 2.71 bits per heavy atom. The number of hydrogen-bond donors (Lipinski definition) is 2. The highest BCUT2D eigenvalue weighted by atomic mass is 32.2. The summed E-state index contributed by atoms with van der Waals surface area (Å²) in [6, 6.07) is 10.2. The zero-order valence-electron chi connectivity index (χ0n) is 12.1. The fourth-order valence-electron chi connectivity index (χ4n) is 2.85. The second kappa shape index (κ2) is 6.38. The van der Waals surface area contributed by atoms with Crippen LogP contribution in [0.2, 0.25) is 0 Å². The Kier molecular flexibility index (Phi) is 4.52. The maximum atomic E-state index is 11.8. The first kappa shape index (κ1) is 14.9. The van der Waals surface area contributed by atoms with E-state index in [2.05, 4.69) is 17.4 Å². The molecule has 1 amide bonds. The van der Waals surface area contributed by atoms with E-state index < -0.39 is 5.60 Å². The van der Waals surface area contributed by atoms with Crippen LogP contribution in [0.3, 0.4) is 0 Å². The van der Waals surface area contributed by atoms with Crippen LogP contribution in [0.1, 0.15) is 12.8 Å². The molecule has 5 heteroatoms. The molecule has 2 fully saturated rings. The maximum Gasteiger partial charge on any atom is 0.234 e. The monoisotopic (exact) mass is 306 g/mol. The molecule has 114 valence electrons. The Balaban J connectivity index is 1.27. The van der Waals surface area contributed by atoms with Gasteiger partial charge < -0.3 is 10.4 Å². The summed E-state index contributed by atoms with van der Waals surface area (Å²) in [4.78, 5) is 15.1.